The zero-order valence-corrected chi connectivity index (χ0v) is 16.3. The maximum atomic E-state index is 4.79. The Labute approximate surface area is 157 Å². The van der Waals surface area contributed by atoms with Gasteiger partial charge in [-0.1, -0.05) is 32.3 Å². The second-order valence-corrected chi connectivity index (χ2v) is 7.46. The summed E-state index contributed by atoms with van der Waals surface area (Å²) in [5.41, 5.74) is 3.91. The number of nitrogens with one attached hydrogen (secondary N) is 1. The molecule has 0 saturated heterocycles. The summed E-state index contributed by atoms with van der Waals surface area (Å²) in [7, 11) is 0. The van der Waals surface area contributed by atoms with Crippen LogP contribution >= 0.6 is 0 Å². The smallest absolute Gasteiger partial charge is 0.129 e. The van der Waals surface area contributed by atoms with Gasteiger partial charge in [0.1, 0.15) is 11.6 Å². The van der Waals surface area contributed by atoms with Crippen LogP contribution in [-0.2, 0) is 12.8 Å². The van der Waals surface area contributed by atoms with Crippen molar-refractivity contribution in [1.29, 1.82) is 0 Å². The molecule has 1 N–H and O–H groups in total. The van der Waals surface area contributed by atoms with Crippen LogP contribution in [0.4, 0.5) is 5.82 Å². The molecule has 0 spiro atoms. The Morgan fingerprint density at radius 2 is 1.88 bits per heavy atom. The van der Waals surface area contributed by atoms with Gasteiger partial charge >= 0.3 is 0 Å². The minimum absolute atomic E-state index is 0.601. The van der Waals surface area contributed by atoms with Crippen LogP contribution < -0.4 is 5.32 Å². The van der Waals surface area contributed by atoms with E-state index in [4.69, 9.17) is 4.98 Å². The van der Waals surface area contributed by atoms with Crippen molar-refractivity contribution in [3.05, 3.63) is 47.2 Å². The Bertz CT molecular complexity index is 681. The Morgan fingerprint density at radius 3 is 2.69 bits per heavy atom. The van der Waals surface area contributed by atoms with E-state index in [0.29, 0.717) is 5.92 Å². The lowest BCUT2D eigenvalue weighted by Crippen LogP contribution is -2.13. The summed E-state index contributed by atoms with van der Waals surface area (Å²) in [6, 6.07) is 4.48. The molecule has 1 atom stereocenters. The van der Waals surface area contributed by atoms with Gasteiger partial charge < -0.3 is 5.32 Å². The fourth-order valence-corrected chi connectivity index (χ4v) is 3.78. The average molecular weight is 353 g/mol. The summed E-state index contributed by atoms with van der Waals surface area (Å²) in [6.07, 6.45) is 15.0. The van der Waals surface area contributed by atoms with Crippen LogP contribution in [0.3, 0.4) is 0 Å². The molecule has 0 saturated carbocycles. The third kappa shape index (κ3) is 5.26. The van der Waals surface area contributed by atoms with E-state index < -0.39 is 0 Å². The van der Waals surface area contributed by atoms with Crippen LogP contribution in [0.2, 0.25) is 0 Å². The highest BCUT2D eigenvalue weighted by atomic mass is 15.0. The summed E-state index contributed by atoms with van der Waals surface area (Å²) < 4.78 is 0. The molecule has 0 aliphatic carbocycles. The van der Waals surface area contributed by atoms with E-state index in [9.17, 15) is 0 Å². The lowest BCUT2D eigenvalue weighted by Gasteiger charge is -2.17. The largest absolute Gasteiger partial charge is 0.370 e. The highest BCUT2D eigenvalue weighted by Crippen LogP contribution is 2.25. The van der Waals surface area contributed by atoms with Gasteiger partial charge in [-0.15, -0.1) is 0 Å². The van der Waals surface area contributed by atoms with E-state index in [0.717, 1.165) is 24.6 Å². The van der Waals surface area contributed by atoms with Crippen LogP contribution in [0.1, 0.15) is 80.4 Å². The summed E-state index contributed by atoms with van der Waals surface area (Å²) >= 11 is 0. The lowest BCUT2D eigenvalue weighted by molar-refractivity contribution is 0.533. The molecule has 4 heteroatoms. The van der Waals surface area contributed by atoms with Gasteiger partial charge in [0, 0.05) is 24.6 Å². The molecule has 140 valence electrons. The first-order valence-corrected chi connectivity index (χ1v) is 10.3. The molecule has 3 heterocycles. The van der Waals surface area contributed by atoms with E-state index >= 15 is 0 Å². The van der Waals surface area contributed by atoms with Crippen molar-refractivity contribution in [2.75, 3.05) is 11.9 Å². The van der Waals surface area contributed by atoms with Gasteiger partial charge in [0.15, 0.2) is 0 Å². The lowest BCUT2D eigenvalue weighted by atomic mass is 9.92. The number of unbranched alkanes of at least 4 members (excludes halogenated alkanes) is 3. The molecule has 26 heavy (non-hydrogen) atoms. The van der Waals surface area contributed by atoms with Crippen molar-refractivity contribution in [3.63, 3.8) is 0 Å². The first kappa shape index (κ1) is 18.8. The normalized spacial score (nSPS) is 14.5. The number of fused-ring (bicyclic) bond motifs is 1. The molecular weight excluding hydrogens is 320 g/mol. The van der Waals surface area contributed by atoms with Crippen molar-refractivity contribution in [3.8, 4) is 0 Å². The third-order valence-electron chi connectivity index (χ3n) is 5.45. The molecule has 3 rings (SSSR count). The summed E-state index contributed by atoms with van der Waals surface area (Å²) in [5.74, 6) is 2.58. The molecule has 0 amide bonds. The molecule has 0 fully saturated rings. The van der Waals surface area contributed by atoms with Crippen molar-refractivity contribution < 1.29 is 0 Å². The van der Waals surface area contributed by atoms with Crippen LogP contribution in [0.25, 0.3) is 0 Å². The molecule has 2 aromatic rings. The van der Waals surface area contributed by atoms with Crippen molar-refractivity contribution in [2.24, 2.45) is 0 Å². The summed E-state index contributed by atoms with van der Waals surface area (Å²) in [4.78, 5) is 13.5. The van der Waals surface area contributed by atoms with Crippen LogP contribution in [0.15, 0.2) is 24.5 Å². The molecule has 4 nitrogen and oxygen atoms in total. The Kier molecular flexibility index (Phi) is 6.98. The van der Waals surface area contributed by atoms with Crippen molar-refractivity contribution >= 4 is 5.82 Å². The fraction of sp³-hybridized carbons (Fsp3) is 0.591. The number of nitrogens with zero attached hydrogens (tertiary/aromatic N) is 3. The van der Waals surface area contributed by atoms with Gasteiger partial charge in [-0.05, 0) is 68.6 Å². The first-order chi connectivity index (χ1) is 12.8. The van der Waals surface area contributed by atoms with Crippen LogP contribution in [0.5, 0.6) is 0 Å². The third-order valence-corrected chi connectivity index (χ3v) is 5.45. The van der Waals surface area contributed by atoms with Crippen LogP contribution in [-0.4, -0.2) is 21.5 Å². The highest BCUT2D eigenvalue weighted by molar-refractivity contribution is 5.46. The standard InChI is InChI=1S/C22H32N4/c1-3-18(20-15-24-17(2)25-16-20)9-6-4-5-7-11-21-13-12-19-10-8-14-23-22(19)26-21/h12-13,15-16,18H,3-11,14H2,1-2H3,(H,23,26). The highest BCUT2D eigenvalue weighted by Gasteiger charge is 2.11. The predicted molar refractivity (Wildman–Crippen MR) is 108 cm³/mol. The number of pyridine rings is 1. The number of rotatable bonds is 9. The second kappa shape index (κ2) is 9.65. The van der Waals surface area contributed by atoms with Gasteiger partial charge in [-0.3, -0.25) is 0 Å². The minimum atomic E-state index is 0.601. The molecule has 1 aliphatic heterocycles. The molecular formula is C22H32N4. The fourth-order valence-electron chi connectivity index (χ4n) is 3.78. The zero-order valence-electron chi connectivity index (χ0n) is 16.3. The quantitative estimate of drug-likeness (QED) is 0.628. The Morgan fingerprint density at radius 1 is 1.08 bits per heavy atom. The topological polar surface area (TPSA) is 50.7 Å². The van der Waals surface area contributed by atoms with E-state index in [1.165, 1.54) is 68.2 Å². The molecule has 2 aromatic heterocycles. The number of anilines is 1. The first-order valence-electron chi connectivity index (χ1n) is 10.3. The second-order valence-electron chi connectivity index (χ2n) is 7.46. The Hall–Kier alpha value is -1.97. The minimum Gasteiger partial charge on any atom is -0.370 e. The Balaban J connectivity index is 1.35. The van der Waals surface area contributed by atoms with Gasteiger partial charge in [0.05, 0.1) is 0 Å². The van der Waals surface area contributed by atoms with E-state index in [2.05, 4.69) is 34.3 Å². The predicted octanol–water partition coefficient (Wildman–Crippen LogP) is 5.22. The maximum absolute atomic E-state index is 4.79. The number of hydrogen-bond donors (Lipinski definition) is 1. The molecule has 0 aromatic carbocycles. The number of aryl methyl sites for hydroxylation is 3. The van der Waals surface area contributed by atoms with Gasteiger partial charge in [0.2, 0.25) is 0 Å². The molecule has 0 radical (unpaired) electrons. The van der Waals surface area contributed by atoms with E-state index in [1.807, 2.05) is 19.3 Å². The van der Waals surface area contributed by atoms with Crippen molar-refractivity contribution in [1.82, 2.24) is 15.0 Å². The molecule has 1 unspecified atom stereocenters. The summed E-state index contributed by atoms with van der Waals surface area (Å²) in [5, 5.41) is 3.43. The van der Waals surface area contributed by atoms with Crippen molar-refractivity contribution in [2.45, 2.75) is 77.6 Å². The maximum Gasteiger partial charge on any atom is 0.129 e. The molecule has 1 aliphatic rings. The van der Waals surface area contributed by atoms with E-state index in [1.54, 1.807) is 0 Å². The van der Waals surface area contributed by atoms with Gasteiger partial charge in [0.25, 0.3) is 0 Å². The number of hydrogen-bond acceptors (Lipinski definition) is 4. The molecule has 0 bridgehead atoms. The average Bonchev–Trinajstić information content (AvgIpc) is 2.68. The monoisotopic (exact) mass is 352 g/mol. The summed E-state index contributed by atoms with van der Waals surface area (Å²) in [6.45, 7) is 5.27. The van der Waals surface area contributed by atoms with Crippen LogP contribution in [0, 0.1) is 6.92 Å². The van der Waals surface area contributed by atoms with Gasteiger partial charge in [-0.2, -0.15) is 0 Å². The van der Waals surface area contributed by atoms with E-state index in [-0.39, 0.29) is 0 Å². The SMILES string of the molecule is CCC(CCCCCCc1ccc2c(n1)NCCC2)c1cnc(C)nc1. The number of aromatic nitrogens is 3. The zero-order chi connectivity index (χ0) is 18.2. The van der Waals surface area contributed by atoms with Gasteiger partial charge in [-0.25, -0.2) is 15.0 Å².